The maximum absolute atomic E-state index is 10.0. The molecular weight excluding hydrogens is 309 g/mol. The SMILES string of the molecule is CC1CCC(OCC(O)CNc2c(Cl)cccc2Cl)CC1. The standard InChI is InChI=1S/C16H23Cl2NO2/c1-11-5-7-13(8-6-11)21-10-12(20)9-19-16-14(17)3-2-4-15(16)18/h2-4,11-13,19-20H,5-10H2,1H3. The van der Waals surface area contributed by atoms with Crippen LogP contribution in [0.3, 0.4) is 0 Å². The molecule has 0 radical (unpaired) electrons. The van der Waals surface area contributed by atoms with E-state index in [9.17, 15) is 5.11 Å². The molecule has 2 rings (SSSR count). The molecule has 0 spiro atoms. The number of benzene rings is 1. The first-order valence-electron chi connectivity index (χ1n) is 7.53. The molecule has 1 aromatic rings. The van der Waals surface area contributed by atoms with Gasteiger partial charge in [-0.1, -0.05) is 36.2 Å². The normalized spacial score (nSPS) is 23.8. The third-order valence-electron chi connectivity index (χ3n) is 3.96. The van der Waals surface area contributed by atoms with Crippen LogP contribution in [0.15, 0.2) is 18.2 Å². The van der Waals surface area contributed by atoms with Crippen LogP contribution < -0.4 is 5.32 Å². The van der Waals surface area contributed by atoms with Gasteiger partial charge < -0.3 is 15.2 Å². The Morgan fingerprint density at radius 1 is 1.24 bits per heavy atom. The van der Waals surface area contributed by atoms with Crippen molar-refractivity contribution in [2.45, 2.75) is 44.8 Å². The van der Waals surface area contributed by atoms with Crippen LogP contribution in [0, 0.1) is 5.92 Å². The van der Waals surface area contributed by atoms with E-state index in [-0.39, 0.29) is 0 Å². The zero-order valence-electron chi connectivity index (χ0n) is 12.3. The number of rotatable bonds is 6. The number of hydrogen-bond acceptors (Lipinski definition) is 3. The summed E-state index contributed by atoms with van der Waals surface area (Å²) in [6, 6.07) is 5.32. The summed E-state index contributed by atoms with van der Waals surface area (Å²) in [5.74, 6) is 0.804. The van der Waals surface area contributed by atoms with Gasteiger partial charge in [-0.25, -0.2) is 0 Å². The largest absolute Gasteiger partial charge is 0.389 e. The third-order valence-corrected chi connectivity index (χ3v) is 4.59. The Balaban J connectivity index is 1.71. The monoisotopic (exact) mass is 331 g/mol. The first-order chi connectivity index (χ1) is 10.1. The molecule has 1 saturated carbocycles. The van der Waals surface area contributed by atoms with Gasteiger partial charge in [-0.15, -0.1) is 0 Å². The molecule has 1 fully saturated rings. The fourth-order valence-electron chi connectivity index (χ4n) is 2.59. The lowest BCUT2D eigenvalue weighted by Gasteiger charge is -2.27. The molecule has 1 atom stereocenters. The molecule has 3 nitrogen and oxygen atoms in total. The van der Waals surface area contributed by atoms with E-state index < -0.39 is 6.10 Å². The van der Waals surface area contributed by atoms with Gasteiger partial charge in [0.1, 0.15) is 0 Å². The number of para-hydroxylation sites is 1. The molecule has 118 valence electrons. The summed E-state index contributed by atoms with van der Waals surface area (Å²) in [5, 5.41) is 14.2. The summed E-state index contributed by atoms with van der Waals surface area (Å²) < 4.78 is 5.79. The summed E-state index contributed by atoms with van der Waals surface area (Å²) in [4.78, 5) is 0. The van der Waals surface area contributed by atoms with Gasteiger partial charge in [0.25, 0.3) is 0 Å². The highest BCUT2D eigenvalue weighted by Crippen LogP contribution is 2.29. The van der Waals surface area contributed by atoms with Crippen molar-refractivity contribution in [3.05, 3.63) is 28.2 Å². The van der Waals surface area contributed by atoms with E-state index in [1.54, 1.807) is 18.2 Å². The van der Waals surface area contributed by atoms with Gasteiger partial charge in [-0.05, 0) is 43.7 Å². The average Bonchev–Trinajstić information content (AvgIpc) is 2.46. The van der Waals surface area contributed by atoms with Gasteiger partial charge >= 0.3 is 0 Å². The van der Waals surface area contributed by atoms with Crippen molar-refractivity contribution in [2.75, 3.05) is 18.5 Å². The summed E-state index contributed by atoms with van der Waals surface area (Å²) in [5.41, 5.74) is 0.659. The average molecular weight is 332 g/mol. The zero-order valence-corrected chi connectivity index (χ0v) is 13.8. The first-order valence-corrected chi connectivity index (χ1v) is 8.29. The Kier molecular flexibility index (Phi) is 6.62. The van der Waals surface area contributed by atoms with Crippen LogP contribution >= 0.6 is 23.2 Å². The van der Waals surface area contributed by atoms with Crippen LogP contribution in [0.25, 0.3) is 0 Å². The van der Waals surface area contributed by atoms with E-state index in [2.05, 4.69) is 12.2 Å². The van der Waals surface area contributed by atoms with Crippen molar-refractivity contribution < 1.29 is 9.84 Å². The zero-order chi connectivity index (χ0) is 15.2. The van der Waals surface area contributed by atoms with Gasteiger partial charge in [-0.2, -0.15) is 0 Å². The molecule has 5 heteroatoms. The van der Waals surface area contributed by atoms with Gasteiger partial charge in [0.05, 0.1) is 34.5 Å². The fraction of sp³-hybridized carbons (Fsp3) is 0.625. The van der Waals surface area contributed by atoms with Crippen LogP contribution in [0.4, 0.5) is 5.69 Å². The fourth-order valence-corrected chi connectivity index (χ4v) is 3.12. The Labute approximate surface area is 136 Å². The van der Waals surface area contributed by atoms with Crippen molar-refractivity contribution in [3.8, 4) is 0 Å². The molecular formula is C16H23Cl2NO2. The number of aliphatic hydroxyl groups is 1. The topological polar surface area (TPSA) is 41.5 Å². The predicted octanol–water partition coefficient (Wildman–Crippen LogP) is 4.36. The maximum Gasteiger partial charge on any atom is 0.0945 e. The van der Waals surface area contributed by atoms with Gasteiger partial charge in [-0.3, -0.25) is 0 Å². The van der Waals surface area contributed by atoms with Crippen molar-refractivity contribution in [2.24, 2.45) is 5.92 Å². The minimum Gasteiger partial charge on any atom is -0.389 e. The third kappa shape index (κ3) is 5.33. The molecule has 1 aliphatic rings. The number of halogens is 2. The van der Waals surface area contributed by atoms with E-state index in [1.165, 1.54) is 12.8 Å². The van der Waals surface area contributed by atoms with E-state index in [1.807, 2.05) is 0 Å². The Morgan fingerprint density at radius 3 is 2.48 bits per heavy atom. The highest BCUT2D eigenvalue weighted by molar-refractivity contribution is 6.39. The molecule has 0 heterocycles. The minimum absolute atomic E-state index is 0.291. The van der Waals surface area contributed by atoms with E-state index >= 15 is 0 Å². The van der Waals surface area contributed by atoms with Crippen molar-refractivity contribution >= 4 is 28.9 Å². The van der Waals surface area contributed by atoms with Crippen LogP contribution in [-0.2, 0) is 4.74 Å². The predicted molar refractivity (Wildman–Crippen MR) is 88.3 cm³/mol. The van der Waals surface area contributed by atoms with E-state index in [4.69, 9.17) is 27.9 Å². The number of anilines is 1. The molecule has 0 saturated heterocycles. The Bertz CT molecular complexity index is 428. The second kappa shape index (κ2) is 8.23. The van der Waals surface area contributed by atoms with Crippen molar-refractivity contribution in [1.82, 2.24) is 0 Å². The van der Waals surface area contributed by atoms with Crippen LogP contribution in [0.1, 0.15) is 32.6 Å². The number of aliphatic hydroxyl groups excluding tert-OH is 1. The Morgan fingerprint density at radius 2 is 1.86 bits per heavy atom. The number of hydrogen-bond donors (Lipinski definition) is 2. The maximum atomic E-state index is 10.0. The van der Waals surface area contributed by atoms with Gasteiger partial charge in [0.15, 0.2) is 0 Å². The Hall–Kier alpha value is -0.480. The molecule has 0 bridgehead atoms. The second-order valence-electron chi connectivity index (χ2n) is 5.85. The summed E-state index contributed by atoms with van der Waals surface area (Å²) in [6.07, 6.45) is 4.34. The summed E-state index contributed by atoms with van der Waals surface area (Å²) >= 11 is 12.1. The van der Waals surface area contributed by atoms with Crippen molar-refractivity contribution in [3.63, 3.8) is 0 Å². The van der Waals surface area contributed by atoms with Gasteiger partial charge in [0, 0.05) is 6.54 Å². The highest BCUT2D eigenvalue weighted by atomic mass is 35.5. The lowest BCUT2D eigenvalue weighted by Crippen LogP contribution is -2.29. The lowest BCUT2D eigenvalue weighted by molar-refractivity contribution is -0.0245. The highest BCUT2D eigenvalue weighted by Gasteiger charge is 2.19. The van der Waals surface area contributed by atoms with E-state index in [0.29, 0.717) is 35.0 Å². The molecule has 0 amide bonds. The van der Waals surface area contributed by atoms with Crippen LogP contribution in [-0.4, -0.2) is 30.5 Å². The molecule has 1 unspecified atom stereocenters. The van der Waals surface area contributed by atoms with Crippen LogP contribution in [0.5, 0.6) is 0 Å². The second-order valence-corrected chi connectivity index (χ2v) is 6.66. The molecule has 2 N–H and O–H groups in total. The number of nitrogens with one attached hydrogen (secondary N) is 1. The minimum atomic E-state index is -0.573. The molecule has 21 heavy (non-hydrogen) atoms. The van der Waals surface area contributed by atoms with E-state index in [0.717, 1.165) is 18.8 Å². The summed E-state index contributed by atoms with van der Waals surface area (Å²) in [6.45, 7) is 2.99. The first kappa shape index (κ1) is 16.9. The van der Waals surface area contributed by atoms with Crippen molar-refractivity contribution in [1.29, 1.82) is 0 Å². The number of ether oxygens (including phenoxy) is 1. The quantitative estimate of drug-likeness (QED) is 0.813. The smallest absolute Gasteiger partial charge is 0.0945 e. The molecule has 0 aliphatic heterocycles. The summed E-state index contributed by atoms with van der Waals surface area (Å²) in [7, 11) is 0. The molecule has 1 aromatic carbocycles. The van der Waals surface area contributed by atoms with Gasteiger partial charge in [0.2, 0.25) is 0 Å². The lowest BCUT2D eigenvalue weighted by atomic mass is 9.89. The molecule has 1 aliphatic carbocycles. The molecule has 0 aromatic heterocycles. The van der Waals surface area contributed by atoms with Crippen LogP contribution in [0.2, 0.25) is 10.0 Å².